The van der Waals surface area contributed by atoms with E-state index in [0.717, 1.165) is 12.7 Å². The van der Waals surface area contributed by atoms with Crippen LogP contribution in [0.4, 0.5) is 0 Å². The molecule has 0 aliphatic heterocycles. The van der Waals surface area contributed by atoms with Gasteiger partial charge in [0.25, 0.3) is 0 Å². The van der Waals surface area contributed by atoms with Crippen molar-refractivity contribution in [3.8, 4) is 0 Å². The highest BCUT2D eigenvalue weighted by atomic mass is 32.2. The minimum atomic E-state index is -3.08. The summed E-state index contributed by atoms with van der Waals surface area (Å²) in [6.45, 7) is 1.92. The van der Waals surface area contributed by atoms with Gasteiger partial charge < -0.3 is 10.4 Å². The number of nitrogens with one attached hydrogen (secondary N) is 1. The molecule has 0 aliphatic rings. The van der Waals surface area contributed by atoms with Gasteiger partial charge in [-0.1, -0.05) is 6.92 Å². The molecule has 1 atom stereocenters. The number of sulfone groups is 1. The number of hydrogen-bond acceptors (Lipinski definition) is 4. The molecule has 0 bridgehead atoms. The van der Waals surface area contributed by atoms with Gasteiger partial charge in [-0.15, -0.1) is 0 Å². The summed E-state index contributed by atoms with van der Waals surface area (Å²) in [7, 11) is -3.08. The first-order valence-electron chi connectivity index (χ1n) is 4.97. The lowest BCUT2D eigenvalue weighted by Gasteiger charge is -2.15. The second-order valence-corrected chi connectivity index (χ2v) is 5.82. The smallest absolute Gasteiger partial charge is 0.221 e. The molecule has 0 saturated heterocycles. The second kappa shape index (κ2) is 6.79. The van der Waals surface area contributed by atoms with Crippen LogP contribution in [0.3, 0.4) is 0 Å². The number of carbonyl (C=O) groups excluding carboxylic acids is 1. The molecule has 0 aromatic rings. The summed E-state index contributed by atoms with van der Waals surface area (Å²) in [6, 6.07) is -0.0675. The van der Waals surface area contributed by atoms with Crippen molar-refractivity contribution < 1.29 is 18.3 Å². The van der Waals surface area contributed by atoms with Gasteiger partial charge in [0.2, 0.25) is 5.91 Å². The van der Waals surface area contributed by atoms with Gasteiger partial charge in [-0.3, -0.25) is 4.79 Å². The van der Waals surface area contributed by atoms with E-state index in [4.69, 9.17) is 5.11 Å². The number of hydrogen-bond donors (Lipinski definition) is 2. The third-order valence-corrected chi connectivity index (χ3v) is 2.98. The lowest BCUT2D eigenvalue weighted by atomic mass is 10.1. The highest BCUT2D eigenvalue weighted by molar-refractivity contribution is 7.90. The second-order valence-electron chi connectivity index (χ2n) is 3.56. The van der Waals surface area contributed by atoms with E-state index in [0.29, 0.717) is 6.42 Å². The third kappa shape index (κ3) is 8.38. The van der Waals surface area contributed by atoms with E-state index in [9.17, 15) is 13.2 Å². The summed E-state index contributed by atoms with van der Waals surface area (Å²) in [5.74, 6) is -0.408. The Hall–Kier alpha value is -0.620. The van der Waals surface area contributed by atoms with Gasteiger partial charge in [0.15, 0.2) is 0 Å². The van der Waals surface area contributed by atoms with E-state index in [1.165, 1.54) is 0 Å². The van der Waals surface area contributed by atoms with Crippen LogP contribution in [-0.2, 0) is 14.6 Å². The van der Waals surface area contributed by atoms with Crippen LogP contribution in [0, 0.1) is 0 Å². The molecule has 5 nitrogen and oxygen atoms in total. The van der Waals surface area contributed by atoms with Crippen LogP contribution in [0.1, 0.15) is 26.2 Å². The van der Waals surface area contributed by atoms with Gasteiger partial charge in [0, 0.05) is 25.3 Å². The first kappa shape index (κ1) is 14.4. The molecule has 90 valence electrons. The van der Waals surface area contributed by atoms with Crippen molar-refractivity contribution in [3.05, 3.63) is 0 Å². The standard InChI is InChI=1S/C9H19NO4S/c1-3-8(4-6-11)10-9(12)5-7-15(2,13)14/h8,11H,3-7H2,1-2H3,(H,10,12). The number of aliphatic hydroxyl groups is 1. The Morgan fingerprint density at radius 3 is 2.47 bits per heavy atom. The Morgan fingerprint density at radius 2 is 2.07 bits per heavy atom. The van der Waals surface area contributed by atoms with Crippen LogP contribution in [0.15, 0.2) is 0 Å². The Labute approximate surface area is 90.8 Å². The highest BCUT2D eigenvalue weighted by Crippen LogP contribution is 1.98. The van der Waals surface area contributed by atoms with Crippen LogP contribution in [0.25, 0.3) is 0 Å². The average molecular weight is 237 g/mol. The Bertz CT molecular complexity index is 286. The normalized spacial score (nSPS) is 13.5. The Kier molecular flexibility index (Phi) is 6.51. The molecular formula is C9H19NO4S. The topological polar surface area (TPSA) is 83.5 Å². The quantitative estimate of drug-likeness (QED) is 0.636. The minimum absolute atomic E-state index is 0.0131. The molecule has 0 saturated carbocycles. The number of carbonyl (C=O) groups is 1. The van der Waals surface area contributed by atoms with Crippen LogP contribution >= 0.6 is 0 Å². The Morgan fingerprint density at radius 1 is 1.47 bits per heavy atom. The number of aliphatic hydroxyl groups excluding tert-OH is 1. The van der Waals surface area contributed by atoms with Crippen LogP contribution in [0.5, 0.6) is 0 Å². The molecule has 0 aliphatic carbocycles. The largest absolute Gasteiger partial charge is 0.396 e. The molecule has 0 rings (SSSR count). The molecule has 1 amide bonds. The van der Waals surface area contributed by atoms with Gasteiger partial charge in [0.1, 0.15) is 9.84 Å². The summed E-state index contributed by atoms with van der Waals surface area (Å²) in [5.41, 5.74) is 0. The Balaban J connectivity index is 3.91. The maximum Gasteiger partial charge on any atom is 0.221 e. The molecule has 15 heavy (non-hydrogen) atoms. The van der Waals surface area contributed by atoms with Gasteiger partial charge in [-0.05, 0) is 12.8 Å². The molecule has 1 unspecified atom stereocenters. The first-order valence-corrected chi connectivity index (χ1v) is 7.03. The monoisotopic (exact) mass is 237 g/mol. The zero-order chi connectivity index (χ0) is 11.9. The summed E-state index contributed by atoms with van der Waals surface area (Å²) >= 11 is 0. The molecule has 0 aromatic heterocycles. The van der Waals surface area contributed by atoms with Crippen molar-refractivity contribution in [1.29, 1.82) is 0 Å². The van der Waals surface area contributed by atoms with Crippen LogP contribution in [-0.4, -0.2) is 44.1 Å². The highest BCUT2D eigenvalue weighted by Gasteiger charge is 2.12. The summed E-state index contributed by atoms with van der Waals surface area (Å²) < 4.78 is 21.6. The lowest BCUT2D eigenvalue weighted by molar-refractivity contribution is -0.121. The maximum atomic E-state index is 11.3. The maximum absolute atomic E-state index is 11.3. The van der Waals surface area contributed by atoms with Crippen molar-refractivity contribution in [2.75, 3.05) is 18.6 Å². The fourth-order valence-electron chi connectivity index (χ4n) is 1.11. The number of amides is 1. The van der Waals surface area contributed by atoms with E-state index in [2.05, 4.69) is 5.32 Å². The SMILES string of the molecule is CCC(CCO)NC(=O)CCS(C)(=O)=O. The molecular weight excluding hydrogens is 218 g/mol. The average Bonchev–Trinajstić information content (AvgIpc) is 2.13. The lowest BCUT2D eigenvalue weighted by Crippen LogP contribution is -2.35. The first-order chi connectivity index (χ1) is 6.89. The molecule has 0 aromatic carbocycles. The van der Waals surface area contributed by atoms with Crippen molar-refractivity contribution >= 4 is 15.7 Å². The molecule has 0 heterocycles. The minimum Gasteiger partial charge on any atom is -0.396 e. The van der Waals surface area contributed by atoms with E-state index in [1.54, 1.807) is 0 Å². The number of rotatable bonds is 7. The van der Waals surface area contributed by atoms with Crippen molar-refractivity contribution in [2.45, 2.75) is 32.2 Å². The fourth-order valence-corrected chi connectivity index (χ4v) is 1.67. The van der Waals surface area contributed by atoms with Crippen LogP contribution < -0.4 is 5.32 Å². The molecule has 6 heteroatoms. The van der Waals surface area contributed by atoms with Crippen LogP contribution in [0.2, 0.25) is 0 Å². The summed E-state index contributed by atoms with van der Waals surface area (Å²) in [6.07, 6.45) is 2.32. The van der Waals surface area contributed by atoms with Gasteiger partial charge in [0.05, 0.1) is 5.75 Å². The van der Waals surface area contributed by atoms with Gasteiger partial charge in [-0.2, -0.15) is 0 Å². The predicted molar refractivity (Wildman–Crippen MR) is 58.3 cm³/mol. The van der Waals surface area contributed by atoms with Crippen molar-refractivity contribution in [3.63, 3.8) is 0 Å². The van der Waals surface area contributed by atoms with Crippen molar-refractivity contribution in [2.24, 2.45) is 0 Å². The van der Waals surface area contributed by atoms with E-state index < -0.39 is 9.84 Å². The fraction of sp³-hybridized carbons (Fsp3) is 0.889. The van der Waals surface area contributed by atoms with Crippen molar-refractivity contribution in [1.82, 2.24) is 5.32 Å². The van der Waals surface area contributed by atoms with E-state index in [1.807, 2.05) is 6.92 Å². The van der Waals surface area contributed by atoms with Gasteiger partial charge >= 0.3 is 0 Å². The third-order valence-electron chi connectivity index (χ3n) is 2.04. The zero-order valence-corrected chi connectivity index (χ0v) is 10.0. The van der Waals surface area contributed by atoms with Gasteiger partial charge in [-0.25, -0.2) is 8.42 Å². The summed E-state index contributed by atoms with van der Waals surface area (Å²) in [4.78, 5) is 11.3. The molecule has 0 fully saturated rings. The van der Waals surface area contributed by atoms with E-state index >= 15 is 0 Å². The molecule has 0 spiro atoms. The zero-order valence-electron chi connectivity index (χ0n) is 9.19. The predicted octanol–water partition coefficient (Wildman–Crippen LogP) is -0.302. The molecule has 2 N–H and O–H groups in total. The molecule has 0 radical (unpaired) electrons. The van der Waals surface area contributed by atoms with E-state index in [-0.39, 0.29) is 30.7 Å². The summed E-state index contributed by atoms with van der Waals surface area (Å²) in [5, 5.41) is 11.4.